The van der Waals surface area contributed by atoms with E-state index >= 15 is 0 Å². The highest BCUT2D eigenvalue weighted by molar-refractivity contribution is 6.45. The lowest BCUT2D eigenvalue weighted by Gasteiger charge is -2.32. The third-order valence-corrected chi connectivity index (χ3v) is 6.26. The van der Waals surface area contributed by atoms with Crippen molar-refractivity contribution in [1.82, 2.24) is 0 Å². The van der Waals surface area contributed by atoms with E-state index in [1.807, 2.05) is 18.2 Å². The fourth-order valence-electron chi connectivity index (χ4n) is 3.81. The number of allylic oxidation sites excluding steroid dienone is 2. The molecule has 152 valence electrons. The van der Waals surface area contributed by atoms with Gasteiger partial charge in [0.15, 0.2) is 11.5 Å². The molecule has 4 nitrogen and oxygen atoms in total. The quantitative estimate of drug-likeness (QED) is 0.612. The summed E-state index contributed by atoms with van der Waals surface area (Å²) in [5, 5.41) is 0. The Kier molecular flexibility index (Phi) is 5.22. The molecule has 0 saturated carbocycles. The Labute approximate surface area is 174 Å². The number of hydrogen-bond acceptors (Lipinski definition) is 4. The first-order valence-electron chi connectivity index (χ1n) is 10.2. The third-order valence-electron chi connectivity index (χ3n) is 6.26. The zero-order valence-corrected chi connectivity index (χ0v) is 17.9. The van der Waals surface area contributed by atoms with Crippen molar-refractivity contribution in [2.24, 2.45) is 0 Å². The van der Waals surface area contributed by atoms with Gasteiger partial charge in [-0.1, -0.05) is 42.5 Å². The third kappa shape index (κ3) is 4.07. The van der Waals surface area contributed by atoms with Crippen LogP contribution in [0, 0.1) is 0 Å². The predicted octanol–water partition coefficient (Wildman–Crippen LogP) is 5.69. The molecule has 0 spiro atoms. The van der Waals surface area contributed by atoms with Gasteiger partial charge in [0.25, 0.3) is 0 Å². The van der Waals surface area contributed by atoms with Crippen molar-refractivity contribution in [1.29, 1.82) is 0 Å². The minimum atomic E-state index is -0.324. The molecule has 2 aliphatic rings. The zero-order chi connectivity index (χ0) is 20.6. The van der Waals surface area contributed by atoms with Gasteiger partial charge in [-0.25, -0.2) is 0 Å². The topological polar surface area (TPSA) is 36.9 Å². The number of benzene rings is 2. The van der Waals surface area contributed by atoms with Crippen molar-refractivity contribution in [2.75, 3.05) is 6.79 Å². The van der Waals surface area contributed by atoms with Crippen LogP contribution >= 0.6 is 0 Å². The van der Waals surface area contributed by atoms with Crippen molar-refractivity contribution in [3.05, 3.63) is 65.7 Å². The normalized spacial score (nSPS) is 20.7. The molecule has 0 bridgehead atoms. The van der Waals surface area contributed by atoms with Gasteiger partial charge in [-0.3, -0.25) is 0 Å². The zero-order valence-electron chi connectivity index (χ0n) is 17.9. The van der Waals surface area contributed by atoms with Crippen LogP contribution in [0.25, 0.3) is 5.57 Å². The molecule has 2 aliphatic heterocycles. The lowest BCUT2D eigenvalue weighted by atomic mass is 9.74. The summed E-state index contributed by atoms with van der Waals surface area (Å²) < 4.78 is 23.5. The van der Waals surface area contributed by atoms with Crippen LogP contribution in [-0.4, -0.2) is 25.1 Å². The number of fused-ring (bicyclic) bond motifs is 1. The first kappa shape index (κ1) is 20.1. The van der Waals surface area contributed by atoms with Gasteiger partial charge >= 0.3 is 7.12 Å². The summed E-state index contributed by atoms with van der Waals surface area (Å²) in [5.74, 6) is 1.78. The first-order valence-corrected chi connectivity index (χ1v) is 10.2. The van der Waals surface area contributed by atoms with Crippen LogP contribution in [0.15, 0.2) is 54.6 Å². The Bertz CT molecular complexity index is 888. The summed E-state index contributed by atoms with van der Waals surface area (Å²) >= 11 is 0. The standard InChI is InChI=1S/C24H29BO4/c1-17(19-11-12-21-22(14-19)27-16-26-21)13-20(18-9-7-6-8-10-18)15-25-28-23(2,3)24(4,5)29-25/h6-14,20H,15-16H2,1-5H3/b17-13+. The molecule has 2 aromatic carbocycles. The van der Waals surface area contributed by atoms with E-state index < -0.39 is 0 Å². The average molecular weight is 392 g/mol. The highest BCUT2D eigenvalue weighted by Crippen LogP contribution is 2.41. The minimum Gasteiger partial charge on any atom is -0.454 e. The second kappa shape index (κ2) is 7.54. The highest BCUT2D eigenvalue weighted by Gasteiger charge is 2.51. The maximum Gasteiger partial charge on any atom is 0.458 e. The van der Waals surface area contributed by atoms with E-state index in [-0.39, 0.29) is 31.0 Å². The van der Waals surface area contributed by atoms with Crippen LogP contribution in [0.1, 0.15) is 51.7 Å². The van der Waals surface area contributed by atoms with E-state index in [9.17, 15) is 0 Å². The molecule has 0 radical (unpaired) electrons. The number of rotatable bonds is 5. The molecule has 4 rings (SSSR count). The predicted molar refractivity (Wildman–Crippen MR) is 116 cm³/mol. The second-order valence-electron chi connectivity index (χ2n) is 8.86. The Morgan fingerprint density at radius 1 is 0.966 bits per heavy atom. The van der Waals surface area contributed by atoms with E-state index in [4.69, 9.17) is 18.8 Å². The van der Waals surface area contributed by atoms with Crippen LogP contribution in [0.4, 0.5) is 0 Å². The molecular formula is C24H29BO4. The summed E-state index contributed by atoms with van der Waals surface area (Å²) in [7, 11) is -0.244. The summed E-state index contributed by atoms with van der Waals surface area (Å²) in [6, 6.07) is 16.6. The average Bonchev–Trinajstić information content (AvgIpc) is 3.22. The molecule has 0 aliphatic carbocycles. The maximum absolute atomic E-state index is 6.28. The Balaban J connectivity index is 1.61. The Morgan fingerprint density at radius 2 is 1.62 bits per heavy atom. The summed E-state index contributed by atoms with van der Waals surface area (Å²) in [5.41, 5.74) is 2.92. The van der Waals surface area contributed by atoms with Gasteiger partial charge in [-0.15, -0.1) is 0 Å². The molecule has 1 atom stereocenters. The largest absolute Gasteiger partial charge is 0.458 e. The molecule has 1 saturated heterocycles. The van der Waals surface area contributed by atoms with Crippen molar-refractivity contribution in [3.63, 3.8) is 0 Å². The molecule has 0 N–H and O–H groups in total. The Hall–Kier alpha value is -2.24. The fraction of sp³-hybridized carbons (Fsp3) is 0.417. The number of ether oxygens (including phenoxy) is 2. The molecule has 0 amide bonds. The second-order valence-corrected chi connectivity index (χ2v) is 8.86. The van der Waals surface area contributed by atoms with Crippen LogP contribution in [-0.2, 0) is 9.31 Å². The lowest BCUT2D eigenvalue weighted by Crippen LogP contribution is -2.41. The van der Waals surface area contributed by atoms with Crippen LogP contribution < -0.4 is 9.47 Å². The van der Waals surface area contributed by atoms with Crippen molar-refractivity contribution >= 4 is 12.7 Å². The molecule has 1 unspecified atom stereocenters. The van der Waals surface area contributed by atoms with Gasteiger partial charge in [-0.2, -0.15) is 0 Å². The summed E-state index contributed by atoms with van der Waals surface area (Å²) in [6.45, 7) is 10.8. The first-order chi connectivity index (χ1) is 13.7. The van der Waals surface area contributed by atoms with Gasteiger partial charge in [-0.05, 0) is 69.8 Å². The molecule has 0 aromatic heterocycles. The molecule has 29 heavy (non-hydrogen) atoms. The molecule has 2 aromatic rings. The van der Waals surface area contributed by atoms with Crippen LogP contribution in [0.2, 0.25) is 6.32 Å². The van der Waals surface area contributed by atoms with E-state index in [0.29, 0.717) is 0 Å². The molecule has 5 heteroatoms. The molecule has 1 fully saturated rings. The van der Waals surface area contributed by atoms with Gasteiger partial charge in [0.1, 0.15) is 0 Å². The highest BCUT2D eigenvalue weighted by atomic mass is 16.7. The molecular weight excluding hydrogens is 363 g/mol. The van der Waals surface area contributed by atoms with E-state index in [0.717, 1.165) is 23.4 Å². The fourth-order valence-corrected chi connectivity index (χ4v) is 3.81. The SMILES string of the molecule is C/C(=C\C(CB1OC(C)(C)C(C)(C)O1)c1ccccc1)c1ccc2c(c1)OCO2. The molecule has 2 heterocycles. The van der Waals surface area contributed by atoms with E-state index in [1.165, 1.54) is 11.1 Å². The minimum absolute atomic E-state index is 0.177. The van der Waals surface area contributed by atoms with E-state index in [1.54, 1.807) is 0 Å². The van der Waals surface area contributed by atoms with Gasteiger partial charge in [0, 0.05) is 5.92 Å². The van der Waals surface area contributed by atoms with Crippen molar-refractivity contribution in [2.45, 2.75) is 58.1 Å². The van der Waals surface area contributed by atoms with Gasteiger partial charge < -0.3 is 18.8 Å². The van der Waals surface area contributed by atoms with Crippen molar-refractivity contribution in [3.8, 4) is 11.5 Å². The monoisotopic (exact) mass is 392 g/mol. The van der Waals surface area contributed by atoms with Gasteiger partial charge in [0.05, 0.1) is 11.2 Å². The smallest absolute Gasteiger partial charge is 0.454 e. The summed E-state index contributed by atoms with van der Waals surface area (Å²) in [4.78, 5) is 0. The van der Waals surface area contributed by atoms with E-state index in [2.05, 4.69) is 71.0 Å². The maximum atomic E-state index is 6.28. The Morgan fingerprint density at radius 3 is 2.31 bits per heavy atom. The van der Waals surface area contributed by atoms with Crippen LogP contribution in [0.3, 0.4) is 0 Å². The lowest BCUT2D eigenvalue weighted by molar-refractivity contribution is 0.00578. The number of hydrogen-bond donors (Lipinski definition) is 0. The van der Waals surface area contributed by atoms with Crippen LogP contribution in [0.5, 0.6) is 11.5 Å². The summed E-state index contributed by atoms with van der Waals surface area (Å²) in [6.07, 6.45) is 3.07. The van der Waals surface area contributed by atoms with Crippen molar-refractivity contribution < 1.29 is 18.8 Å². The van der Waals surface area contributed by atoms with Gasteiger partial charge in [0.2, 0.25) is 6.79 Å².